The molecule has 0 saturated heterocycles. The van der Waals surface area contributed by atoms with E-state index in [-0.39, 0.29) is 5.46 Å². The van der Waals surface area contributed by atoms with Crippen LogP contribution in [-0.4, -0.2) is 28.6 Å². The summed E-state index contributed by atoms with van der Waals surface area (Å²) in [6.07, 6.45) is 1.04. The molecule has 1 unspecified atom stereocenters. The summed E-state index contributed by atoms with van der Waals surface area (Å²) in [5, 5.41) is 20.5. The Morgan fingerprint density at radius 3 is 2.95 bits per heavy atom. The molecule has 0 amide bonds. The fourth-order valence-electron chi connectivity index (χ4n) is 2.90. The van der Waals surface area contributed by atoms with E-state index >= 15 is 0 Å². The van der Waals surface area contributed by atoms with Crippen molar-refractivity contribution in [2.75, 3.05) is 6.54 Å². The predicted molar refractivity (Wildman–Crippen MR) is 83.1 cm³/mol. The van der Waals surface area contributed by atoms with Crippen LogP contribution in [0.25, 0.3) is 0 Å². The van der Waals surface area contributed by atoms with Crippen molar-refractivity contribution in [3.63, 3.8) is 0 Å². The highest BCUT2D eigenvalue weighted by atomic mass is 32.1. The molecule has 2 aromatic rings. The fraction of sp³-hybridized carbons (Fsp3) is 0.333. The van der Waals surface area contributed by atoms with Crippen LogP contribution in [-0.2, 0) is 13.0 Å². The molecular weight excluding hydrogens is 288 g/mol. The van der Waals surface area contributed by atoms with Gasteiger partial charge in [-0.15, -0.1) is 11.3 Å². The first kappa shape index (κ1) is 14.7. The van der Waals surface area contributed by atoms with Crippen LogP contribution in [0, 0.1) is 5.82 Å². The lowest BCUT2D eigenvalue weighted by Gasteiger charge is -2.33. The Hall–Kier alpha value is -1.21. The summed E-state index contributed by atoms with van der Waals surface area (Å²) in [6.45, 7) is 3.82. The minimum absolute atomic E-state index is 0.0617. The van der Waals surface area contributed by atoms with E-state index in [1.165, 1.54) is 22.6 Å². The Morgan fingerprint density at radius 2 is 2.19 bits per heavy atom. The van der Waals surface area contributed by atoms with E-state index in [1.54, 1.807) is 17.4 Å². The van der Waals surface area contributed by atoms with Crippen LogP contribution in [0.1, 0.15) is 29.0 Å². The normalized spacial score (nSPS) is 18.6. The van der Waals surface area contributed by atoms with Crippen molar-refractivity contribution in [1.29, 1.82) is 0 Å². The smallest absolute Gasteiger partial charge is 0.423 e. The Morgan fingerprint density at radius 1 is 1.38 bits per heavy atom. The van der Waals surface area contributed by atoms with Crippen LogP contribution >= 0.6 is 11.3 Å². The summed E-state index contributed by atoms with van der Waals surface area (Å²) in [5.41, 5.74) is 2.20. The van der Waals surface area contributed by atoms with Crippen LogP contribution in [0.15, 0.2) is 29.6 Å². The van der Waals surface area contributed by atoms with Gasteiger partial charge in [0.1, 0.15) is 5.82 Å². The maximum Gasteiger partial charge on any atom is 0.491 e. The van der Waals surface area contributed by atoms with Crippen LogP contribution in [0.2, 0.25) is 0 Å². The number of hydrogen-bond donors (Lipinski definition) is 2. The number of thiophene rings is 1. The maximum atomic E-state index is 13.5. The summed E-state index contributed by atoms with van der Waals surface area (Å²) in [5.74, 6) is -0.583. The van der Waals surface area contributed by atoms with Gasteiger partial charge in [-0.3, -0.25) is 4.90 Å². The molecule has 3 rings (SSSR count). The molecule has 0 saturated carbocycles. The second-order valence-corrected chi connectivity index (χ2v) is 6.43. The van der Waals surface area contributed by atoms with E-state index in [9.17, 15) is 14.4 Å². The minimum Gasteiger partial charge on any atom is -0.423 e. The predicted octanol–water partition coefficient (Wildman–Crippen LogP) is 1.69. The van der Waals surface area contributed by atoms with E-state index in [2.05, 4.69) is 23.3 Å². The van der Waals surface area contributed by atoms with Gasteiger partial charge in [-0.2, -0.15) is 0 Å². The third-order valence-corrected chi connectivity index (χ3v) is 5.12. The summed E-state index contributed by atoms with van der Waals surface area (Å²) in [4.78, 5) is 3.78. The largest absolute Gasteiger partial charge is 0.491 e. The molecule has 0 aliphatic carbocycles. The summed E-state index contributed by atoms with van der Waals surface area (Å²) < 4.78 is 13.5. The quantitative estimate of drug-likeness (QED) is 0.848. The van der Waals surface area contributed by atoms with Gasteiger partial charge in [-0.1, -0.05) is 12.1 Å². The number of benzene rings is 1. The highest BCUT2D eigenvalue weighted by Crippen LogP contribution is 2.33. The van der Waals surface area contributed by atoms with Crippen LogP contribution in [0.4, 0.5) is 4.39 Å². The third-order valence-electron chi connectivity index (χ3n) is 4.13. The molecule has 0 bridgehead atoms. The fourth-order valence-corrected chi connectivity index (χ4v) is 3.86. The van der Waals surface area contributed by atoms with Gasteiger partial charge < -0.3 is 10.0 Å². The molecule has 0 fully saturated rings. The van der Waals surface area contributed by atoms with Crippen LogP contribution in [0.3, 0.4) is 0 Å². The minimum atomic E-state index is -1.77. The maximum absolute atomic E-state index is 13.5. The lowest BCUT2D eigenvalue weighted by Crippen LogP contribution is -2.35. The van der Waals surface area contributed by atoms with E-state index in [0.717, 1.165) is 18.5 Å². The molecular formula is C15H17BFNO2S. The zero-order valence-corrected chi connectivity index (χ0v) is 12.6. The topological polar surface area (TPSA) is 43.7 Å². The molecule has 2 N–H and O–H groups in total. The number of hydrogen-bond acceptors (Lipinski definition) is 4. The Balaban J connectivity index is 1.80. The molecule has 3 nitrogen and oxygen atoms in total. The summed E-state index contributed by atoms with van der Waals surface area (Å²) in [6, 6.07) is 7.04. The Labute approximate surface area is 127 Å². The van der Waals surface area contributed by atoms with Crippen LogP contribution in [0.5, 0.6) is 0 Å². The molecule has 1 aliphatic heterocycles. The zero-order valence-electron chi connectivity index (χ0n) is 11.8. The molecule has 0 spiro atoms. The second kappa shape index (κ2) is 5.89. The molecule has 21 heavy (non-hydrogen) atoms. The van der Waals surface area contributed by atoms with Gasteiger partial charge in [-0.25, -0.2) is 4.39 Å². The SMILES string of the molecule is CC1c2ccsc2CCN1Cc1ccc(F)c(B(O)O)c1. The molecule has 1 aliphatic rings. The number of fused-ring (bicyclic) bond motifs is 1. The first-order chi connectivity index (χ1) is 10.1. The first-order valence-electron chi connectivity index (χ1n) is 7.01. The Kier molecular flexibility index (Phi) is 4.13. The first-order valence-corrected chi connectivity index (χ1v) is 7.89. The van der Waals surface area contributed by atoms with Crippen molar-refractivity contribution in [2.45, 2.75) is 25.9 Å². The lowest BCUT2D eigenvalue weighted by atomic mass is 9.79. The lowest BCUT2D eigenvalue weighted by molar-refractivity contribution is 0.191. The van der Waals surface area contributed by atoms with E-state index < -0.39 is 12.9 Å². The molecule has 1 atom stereocenters. The second-order valence-electron chi connectivity index (χ2n) is 5.43. The molecule has 1 aromatic heterocycles. The molecule has 0 radical (unpaired) electrons. The summed E-state index contributed by atoms with van der Waals surface area (Å²) >= 11 is 1.80. The average Bonchev–Trinajstić information content (AvgIpc) is 2.93. The van der Waals surface area contributed by atoms with Gasteiger partial charge in [-0.05, 0) is 42.0 Å². The van der Waals surface area contributed by atoms with Crippen molar-refractivity contribution >= 4 is 23.9 Å². The van der Waals surface area contributed by atoms with Crippen molar-refractivity contribution in [3.8, 4) is 0 Å². The van der Waals surface area contributed by atoms with Gasteiger partial charge in [0.25, 0.3) is 0 Å². The standard InChI is InChI=1S/C15H17BFNO2S/c1-10-12-5-7-21-15(12)4-6-18(10)9-11-2-3-14(17)13(8-11)16(19)20/h2-3,5,7-8,10,19-20H,4,6,9H2,1H3. The highest BCUT2D eigenvalue weighted by Gasteiger charge is 2.25. The van der Waals surface area contributed by atoms with Gasteiger partial charge in [0.15, 0.2) is 0 Å². The zero-order chi connectivity index (χ0) is 15.0. The molecule has 1 aromatic carbocycles. The molecule has 2 heterocycles. The molecule has 110 valence electrons. The van der Waals surface area contributed by atoms with Gasteiger partial charge in [0.2, 0.25) is 0 Å². The van der Waals surface area contributed by atoms with E-state index in [1.807, 2.05) is 0 Å². The Bertz CT molecular complexity index is 646. The van der Waals surface area contributed by atoms with Crippen molar-refractivity contribution in [3.05, 3.63) is 51.5 Å². The van der Waals surface area contributed by atoms with Crippen molar-refractivity contribution < 1.29 is 14.4 Å². The van der Waals surface area contributed by atoms with Crippen molar-refractivity contribution in [2.24, 2.45) is 0 Å². The number of halogens is 1. The van der Waals surface area contributed by atoms with Crippen LogP contribution < -0.4 is 5.46 Å². The highest BCUT2D eigenvalue weighted by molar-refractivity contribution is 7.10. The summed E-state index contributed by atoms with van der Waals surface area (Å²) in [7, 11) is -1.77. The monoisotopic (exact) mass is 305 g/mol. The molecule has 6 heteroatoms. The number of rotatable bonds is 3. The average molecular weight is 305 g/mol. The third kappa shape index (κ3) is 2.89. The van der Waals surface area contributed by atoms with Gasteiger partial charge >= 0.3 is 7.12 Å². The van der Waals surface area contributed by atoms with E-state index in [4.69, 9.17) is 0 Å². The van der Waals surface area contributed by atoms with E-state index in [0.29, 0.717) is 12.6 Å². The number of nitrogens with zero attached hydrogens (tertiary/aromatic N) is 1. The van der Waals surface area contributed by atoms with Gasteiger partial charge in [0, 0.05) is 29.5 Å². The van der Waals surface area contributed by atoms with Gasteiger partial charge in [0.05, 0.1) is 0 Å². The van der Waals surface area contributed by atoms with Crippen molar-refractivity contribution in [1.82, 2.24) is 4.90 Å².